The summed E-state index contributed by atoms with van der Waals surface area (Å²) in [5.41, 5.74) is 3.71. The van der Waals surface area contributed by atoms with Crippen molar-refractivity contribution in [2.75, 3.05) is 25.5 Å². The van der Waals surface area contributed by atoms with Crippen molar-refractivity contribution in [2.24, 2.45) is 0 Å². The summed E-state index contributed by atoms with van der Waals surface area (Å²) < 4.78 is 5.17. The van der Waals surface area contributed by atoms with E-state index in [0.717, 1.165) is 36.1 Å². The lowest BCUT2D eigenvalue weighted by Gasteiger charge is -2.21. The number of hydrogen-bond donors (Lipinski definition) is 1. The minimum Gasteiger partial charge on any atom is -0.497 e. The Balaban J connectivity index is 1.59. The fraction of sp³-hybridized carbons (Fsp3) is 0.316. The van der Waals surface area contributed by atoms with E-state index in [4.69, 9.17) is 17.0 Å². The van der Waals surface area contributed by atoms with Crippen LogP contribution in [0.4, 0.5) is 5.69 Å². The summed E-state index contributed by atoms with van der Waals surface area (Å²) in [7, 11) is 1.67. The molecule has 3 nitrogen and oxygen atoms in total. The molecule has 2 aromatic rings. The second-order valence-electron chi connectivity index (χ2n) is 6.00. The first kappa shape index (κ1) is 15.8. The van der Waals surface area contributed by atoms with Gasteiger partial charge in [-0.3, -0.25) is 0 Å². The maximum atomic E-state index is 5.56. The van der Waals surface area contributed by atoms with Gasteiger partial charge in [-0.15, -0.1) is 0 Å². The molecule has 23 heavy (non-hydrogen) atoms. The van der Waals surface area contributed by atoms with Gasteiger partial charge in [-0.25, -0.2) is 0 Å². The maximum absolute atomic E-state index is 5.56. The molecule has 1 aliphatic rings. The van der Waals surface area contributed by atoms with Crippen molar-refractivity contribution in [1.29, 1.82) is 0 Å². The van der Waals surface area contributed by atoms with Crippen LogP contribution in [0.15, 0.2) is 48.5 Å². The van der Waals surface area contributed by atoms with Crippen LogP contribution in [0, 0.1) is 6.92 Å². The average Bonchev–Trinajstić information content (AvgIpc) is 3.06. The summed E-state index contributed by atoms with van der Waals surface area (Å²) in [6.45, 7) is 4.10. The van der Waals surface area contributed by atoms with Crippen LogP contribution in [0.1, 0.15) is 23.5 Å². The SMILES string of the molecule is COc1ccc(NC(=S)N2CC[C@@H](c3ccc(C)cc3)C2)cc1. The Kier molecular flexibility index (Phi) is 4.82. The number of thiocarbonyl (C=S) groups is 1. The molecule has 0 saturated carbocycles. The van der Waals surface area contributed by atoms with Gasteiger partial charge in [0.1, 0.15) is 5.75 Å². The van der Waals surface area contributed by atoms with Crippen LogP contribution in [-0.4, -0.2) is 30.2 Å². The topological polar surface area (TPSA) is 24.5 Å². The Morgan fingerprint density at radius 3 is 2.48 bits per heavy atom. The molecule has 1 fully saturated rings. The molecule has 3 rings (SSSR count). The van der Waals surface area contributed by atoms with Gasteiger partial charge in [-0.1, -0.05) is 29.8 Å². The predicted molar refractivity (Wildman–Crippen MR) is 99.3 cm³/mol. The second-order valence-corrected chi connectivity index (χ2v) is 6.39. The van der Waals surface area contributed by atoms with Gasteiger partial charge in [0.2, 0.25) is 0 Å². The summed E-state index contributed by atoms with van der Waals surface area (Å²) in [6.07, 6.45) is 1.15. The highest BCUT2D eigenvalue weighted by Gasteiger charge is 2.25. The molecule has 0 spiro atoms. The van der Waals surface area contributed by atoms with Gasteiger partial charge in [0.15, 0.2) is 5.11 Å². The van der Waals surface area contributed by atoms with E-state index in [1.807, 2.05) is 24.3 Å². The van der Waals surface area contributed by atoms with Crippen molar-refractivity contribution in [2.45, 2.75) is 19.3 Å². The zero-order valence-corrected chi connectivity index (χ0v) is 14.4. The monoisotopic (exact) mass is 326 g/mol. The van der Waals surface area contributed by atoms with Crippen molar-refractivity contribution in [3.8, 4) is 5.75 Å². The summed E-state index contributed by atoms with van der Waals surface area (Å²) in [5, 5.41) is 4.11. The lowest BCUT2D eigenvalue weighted by Crippen LogP contribution is -2.32. The molecule has 1 aliphatic heterocycles. The number of anilines is 1. The molecule has 1 saturated heterocycles. The van der Waals surface area contributed by atoms with E-state index in [1.165, 1.54) is 11.1 Å². The minimum absolute atomic E-state index is 0.561. The van der Waals surface area contributed by atoms with E-state index in [0.29, 0.717) is 5.92 Å². The number of ether oxygens (including phenoxy) is 1. The molecule has 120 valence electrons. The molecule has 0 radical (unpaired) electrons. The van der Waals surface area contributed by atoms with Crippen molar-refractivity contribution in [3.63, 3.8) is 0 Å². The Morgan fingerprint density at radius 2 is 1.83 bits per heavy atom. The summed E-state index contributed by atoms with van der Waals surface area (Å²) >= 11 is 5.56. The number of likely N-dealkylation sites (tertiary alicyclic amines) is 1. The van der Waals surface area contributed by atoms with Gasteiger partial charge in [-0.05, 0) is 55.4 Å². The van der Waals surface area contributed by atoms with Gasteiger partial charge < -0.3 is 15.0 Å². The normalized spacial score (nSPS) is 17.1. The predicted octanol–water partition coefficient (Wildman–Crippen LogP) is 4.19. The van der Waals surface area contributed by atoms with Crippen LogP contribution in [-0.2, 0) is 0 Å². The van der Waals surface area contributed by atoms with E-state index in [-0.39, 0.29) is 0 Å². The highest BCUT2D eigenvalue weighted by atomic mass is 32.1. The largest absolute Gasteiger partial charge is 0.497 e. The molecule has 1 heterocycles. The van der Waals surface area contributed by atoms with Gasteiger partial charge in [0.25, 0.3) is 0 Å². The van der Waals surface area contributed by atoms with E-state index in [1.54, 1.807) is 7.11 Å². The third kappa shape index (κ3) is 3.82. The van der Waals surface area contributed by atoms with E-state index in [9.17, 15) is 0 Å². The first-order valence-electron chi connectivity index (χ1n) is 7.92. The molecule has 1 N–H and O–H groups in total. The first-order valence-corrected chi connectivity index (χ1v) is 8.33. The van der Waals surface area contributed by atoms with Crippen molar-refractivity contribution >= 4 is 23.0 Å². The Bertz CT molecular complexity index is 667. The standard InChI is InChI=1S/C19H22N2OS/c1-14-3-5-15(6-4-14)16-11-12-21(13-16)19(23)20-17-7-9-18(22-2)10-8-17/h3-10,16H,11-13H2,1-2H3,(H,20,23)/t16-/m1/s1. The van der Waals surface area contributed by atoms with Gasteiger partial charge >= 0.3 is 0 Å². The van der Waals surface area contributed by atoms with Crippen LogP contribution in [0.25, 0.3) is 0 Å². The van der Waals surface area contributed by atoms with Gasteiger partial charge in [0.05, 0.1) is 7.11 Å². The van der Waals surface area contributed by atoms with Crippen molar-refractivity contribution in [1.82, 2.24) is 4.90 Å². The van der Waals surface area contributed by atoms with E-state index >= 15 is 0 Å². The maximum Gasteiger partial charge on any atom is 0.173 e. The Morgan fingerprint density at radius 1 is 1.13 bits per heavy atom. The second kappa shape index (κ2) is 7.01. The van der Waals surface area contributed by atoms with Gasteiger partial charge in [0, 0.05) is 24.7 Å². The molecule has 0 aliphatic carbocycles. The molecule has 0 aromatic heterocycles. The van der Waals surface area contributed by atoms with Crippen LogP contribution in [0.2, 0.25) is 0 Å². The number of nitrogens with zero attached hydrogens (tertiary/aromatic N) is 1. The highest BCUT2D eigenvalue weighted by molar-refractivity contribution is 7.80. The number of aryl methyl sites for hydroxylation is 1. The fourth-order valence-electron chi connectivity index (χ4n) is 2.93. The average molecular weight is 326 g/mol. The first-order chi connectivity index (χ1) is 11.2. The molecule has 2 aromatic carbocycles. The van der Waals surface area contributed by atoms with Crippen LogP contribution in [0.3, 0.4) is 0 Å². The quantitative estimate of drug-likeness (QED) is 0.855. The van der Waals surface area contributed by atoms with Crippen LogP contribution >= 0.6 is 12.2 Å². The molecular formula is C19H22N2OS. The van der Waals surface area contributed by atoms with E-state index in [2.05, 4.69) is 41.4 Å². The number of hydrogen-bond acceptors (Lipinski definition) is 2. The van der Waals surface area contributed by atoms with E-state index < -0.39 is 0 Å². The smallest absolute Gasteiger partial charge is 0.173 e. The summed E-state index contributed by atoms with van der Waals surface area (Å²) in [6, 6.07) is 16.7. The summed E-state index contributed by atoms with van der Waals surface area (Å²) in [5.74, 6) is 1.41. The van der Waals surface area contributed by atoms with Crippen molar-refractivity contribution in [3.05, 3.63) is 59.7 Å². The van der Waals surface area contributed by atoms with Crippen LogP contribution in [0.5, 0.6) is 5.75 Å². The number of methoxy groups -OCH3 is 1. The minimum atomic E-state index is 0.561. The lowest BCUT2D eigenvalue weighted by molar-refractivity contribution is 0.415. The fourth-order valence-corrected chi connectivity index (χ4v) is 3.22. The Hall–Kier alpha value is -2.07. The molecule has 1 atom stereocenters. The summed E-state index contributed by atoms with van der Waals surface area (Å²) in [4.78, 5) is 2.25. The highest BCUT2D eigenvalue weighted by Crippen LogP contribution is 2.28. The number of rotatable bonds is 3. The third-order valence-corrected chi connectivity index (χ3v) is 4.73. The van der Waals surface area contributed by atoms with Crippen molar-refractivity contribution < 1.29 is 4.74 Å². The number of nitrogens with one attached hydrogen (secondary N) is 1. The molecular weight excluding hydrogens is 304 g/mol. The molecule has 0 amide bonds. The molecule has 4 heteroatoms. The van der Waals surface area contributed by atoms with Crippen LogP contribution < -0.4 is 10.1 Å². The molecule has 0 unspecified atom stereocenters. The zero-order valence-electron chi connectivity index (χ0n) is 13.6. The third-order valence-electron chi connectivity index (χ3n) is 4.37. The molecule has 0 bridgehead atoms. The number of benzene rings is 2. The van der Waals surface area contributed by atoms with Gasteiger partial charge in [-0.2, -0.15) is 0 Å². The lowest BCUT2D eigenvalue weighted by atomic mass is 9.98. The zero-order chi connectivity index (χ0) is 16.2. The Labute approximate surface area is 143 Å².